The number of oxime groups is 1. The molecule has 0 fully saturated rings. The van der Waals surface area contributed by atoms with Crippen molar-refractivity contribution < 1.29 is 4.84 Å². The molecule has 0 bridgehead atoms. The molecular formula is C23H22N2O. The minimum atomic E-state index is 0.485. The Bertz CT molecular complexity index is 893. The smallest absolute Gasteiger partial charge is 0.142 e. The van der Waals surface area contributed by atoms with Crippen LogP contribution >= 0.6 is 0 Å². The van der Waals surface area contributed by atoms with Gasteiger partial charge in [0, 0.05) is 24.3 Å². The normalized spacial score (nSPS) is 13.6. The lowest BCUT2D eigenvalue weighted by atomic mass is 10.1. The van der Waals surface area contributed by atoms with E-state index in [4.69, 9.17) is 4.84 Å². The molecule has 0 unspecified atom stereocenters. The van der Waals surface area contributed by atoms with Gasteiger partial charge in [0.2, 0.25) is 0 Å². The van der Waals surface area contributed by atoms with Crippen LogP contribution < -0.4 is 4.90 Å². The topological polar surface area (TPSA) is 24.8 Å². The highest BCUT2D eigenvalue weighted by molar-refractivity contribution is 5.99. The molecule has 0 aromatic heterocycles. The van der Waals surface area contributed by atoms with Gasteiger partial charge in [-0.05, 0) is 35.7 Å². The maximum atomic E-state index is 5.53. The first kappa shape index (κ1) is 16.4. The molecular weight excluding hydrogens is 320 g/mol. The average Bonchev–Trinajstić information content (AvgIpc) is 3.13. The molecule has 3 nitrogen and oxygen atoms in total. The lowest BCUT2D eigenvalue weighted by molar-refractivity contribution is 0.130. The first-order chi connectivity index (χ1) is 12.8. The van der Waals surface area contributed by atoms with E-state index in [9.17, 15) is 0 Å². The molecule has 0 saturated heterocycles. The van der Waals surface area contributed by atoms with Gasteiger partial charge in [-0.25, -0.2) is 0 Å². The average molecular weight is 342 g/mol. The lowest BCUT2D eigenvalue weighted by Gasteiger charge is -2.18. The molecule has 0 saturated carbocycles. The third-order valence-electron chi connectivity index (χ3n) is 4.75. The first-order valence-corrected chi connectivity index (χ1v) is 8.92. The second-order valence-electron chi connectivity index (χ2n) is 6.61. The van der Waals surface area contributed by atoms with Crippen LogP contribution in [0.15, 0.2) is 84.0 Å². The van der Waals surface area contributed by atoms with E-state index in [1.54, 1.807) is 0 Å². The van der Waals surface area contributed by atoms with Gasteiger partial charge in [0.05, 0.1) is 5.71 Å². The third kappa shape index (κ3) is 3.62. The van der Waals surface area contributed by atoms with Crippen LogP contribution in [0.25, 0.3) is 0 Å². The Morgan fingerprint density at radius 3 is 2.31 bits per heavy atom. The SMILES string of the molecule is CC(=NOCc1ccccc1)c1cccc(N2Cc3ccccc3C2)c1. The predicted octanol–water partition coefficient (Wildman–Crippen LogP) is 5.15. The molecule has 3 heteroatoms. The van der Waals surface area contributed by atoms with Crippen molar-refractivity contribution in [2.45, 2.75) is 26.6 Å². The highest BCUT2D eigenvalue weighted by Gasteiger charge is 2.18. The number of anilines is 1. The van der Waals surface area contributed by atoms with Crippen LogP contribution in [0.3, 0.4) is 0 Å². The maximum absolute atomic E-state index is 5.53. The molecule has 3 aromatic carbocycles. The van der Waals surface area contributed by atoms with E-state index in [0.29, 0.717) is 6.61 Å². The summed E-state index contributed by atoms with van der Waals surface area (Å²) >= 11 is 0. The Balaban J connectivity index is 1.45. The van der Waals surface area contributed by atoms with E-state index in [2.05, 4.69) is 58.6 Å². The van der Waals surface area contributed by atoms with Crippen molar-refractivity contribution in [3.05, 3.63) is 101 Å². The van der Waals surface area contributed by atoms with Gasteiger partial charge in [-0.2, -0.15) is 0 Å². The number of hydrogen-bond acceptors (Lipinski definition) is 3. The van der Waals surface area contributed by atoms with E-state index < -0.39 is 0 Å². The highest BCUT2D eigenvalue weighted by atomic mass is 16.6. The van der Waals surface area contributed by atoms with Crippen molar-refractivity contribution in [3.8, 4) is 0 Å². The number of hydrogen-bond donors (Lipinski definition) is 0. The zero-order valence-corrected chi connectivity index (χ0v) is 14.9. The quantitative estimate of drug-likeness (QED) is 0.473. The summed E-state index contributed by atoms with van der Waals surface area (Å²) in [5.74, 6) is 0. The molecule has 3 aromatic rings. The largest absolute Gasteiger partial charge is 0.391 e. The Morgan fingerprint density at radius 2 is 1.58 bits per heavy atom. The van der Waals surface area contributed by atoms with Crippen molar-refractivity contribution >= 4 is 11.4 Å². The third-order valence-corrected chi connectivity index (χ3v) is 4.75. The van der Waals surface area contributed by atoms with Gasteiger partial charge in [0.1, 0.15) is 6.61 Å². The summed E-state index contributed by atoms with van der Waals surface area (Å²) in [5.41, 5.74) is 7.14. The molecule has 0 N–H and O–H groups in total. The van der Waals surface area contributed by atoms with Crippen LogP contribution in [0.2, 0.25) is 0 Å². The maximum Gasteiger partial charge on any atom is 0.142 e. The van der Waals surface area contributed by atoms with Gasteiger partial charge in [-0.1, -0.05) is 71.9 Å². The molecule has 26 heavy (non-hydrogen) atoms. The number of nitrogens with zero attached hydrogens (tertiary/aromatic N) is 2. The Morgan fingerprint density at radius 1 is 0.885 bits per heavy atom. The van der Waals surface area contributed by atoms with Gasteiger partial charge < -0.3 is 9.74 Å². The van der Waals surface area contributed by atoms with E-state index in [0.717, 1.165) is 29.9 Å². The Kier molecular flexibility index (Phi) is 4.69. The number of rotatable bonds is 5. The Labute approximate surface area is 154 Å². The van der Waals surface area contributed by atoms with Crippen LogP contribution in [0.5, 0.6) is 0 Å². The van der Waals surface area contributed by atoms with Gasteiger partial charge in [0.25, 0.3) is 0 Å². The fraction of sp³-hybridized carbons (Fsp3) is 0.174. The van der Waals surface area contributed by atoms with Crippen LogP contribution in [0.1, 0.15) is 29.2 Å². The molecule has 4 rings (SSSR count). The summed E-state index contributed by atoms with van der Waals surface area (Å²) in [6.07, 6.45) is 0. The molecule has 1 aliphatic heterocycles. The van der Waals surface area contributed by atoms with Gasteiger partial charge in [0.15, 0.2) is 0 Å². The van der Waals surface area contributed by atoms with Crippen molar-refractivity contribution in [2.75, 3.05) is 4.90 Å². The number of benzene rings is 3. The van der Waals surface area contributed by atoms with Crippen molar-refractivity contribution in [2.24, 2.45) is 5.16 Å². The molecule has 0 radical (unpaired) electrons. The first-order valence-electron chi connectivity index (χ1n) is 8.92. The molecule has 0 aliphatic carbocycles. The zero-order valence-electron chi connectivity index (χ0n) is 14.9. The molecule has 0 amide bonds. The Hall–Kier alpha value is -3.07. The van der Waals surface area contributed by atoms with E-state index in [1.165, 1.54) is 16.8 Å². The van der Waals surface area contributed by atoms with E-state index in [1.807, 2.05) is 37.3 Å². The fourth-order valence-corrected chi connectivity index (χ4v) is 3.27. The molecule has 0 spiro atoms. The molecule has 1 heterocycles. The molecule has 0 atom stereocenters. The summed E-state index contributed by atoms with van der Waals surface area (Å²) in [6, 6.07) is 27.3. The van der Waals surface area contributed by atoms with Crippen LogP contribution in [-0.2, 0) is 24.5 Å². The standard InChI is InChI=1S/C23H22N2O/c1-18(24-26-17-19-8-3-2-4-9-19)20-12-7-13-23(14-20)25-15-21-10-5-6-11-22(21)16-25/h2-14H,15-17H2,1H3. The molecule has 130 valence electrons. The molecule has 1 aliphatic rings. The van der Waals surface area contributed by atoms with E-state index >= 15 is 0 Å². The monoisotopic (exact) mass is 342 g/mol. The minimum Gasteiger partial charge on any atom is -0.391 e. The second-order valence-corrected chi connectivity index (χ2v) is 6.61. The van der Waals surface area contributed by atoms with Crippen LogP contribution in [-0.4, -0.2) is 5.71 Å². The summed E-state index contributed by atoms with van der Waals surface area (Å²) < 4.78 is 0. The van der Waals surface area contributed by atoms with Crippen molar-refractivity contribution in [1.29, 1.82) is 0 Å². The van der Waals surface area contributed by atoms with Crippen molar-refractivity contribution in [1.82, 2.24) is 0 Å². The lowest BCUT2D eigenvalue weighted by Crippen LogP contribution is -2.14. The predicted molar refractivity (Wildman–Crippen MR) is 106 cm³/mol. The summed E-state index contributed by atoms with van der Waals surface area (Å²) in [6.45, 7) is 4.39. The van der Waals surface area contributed by atoms with Gasteiger partial charge >= 0.3 is 0 Å². The van der Waals surface area contributed by atoms with E-state index in [-0.39, 0.29) is 0 Å². The zero-order chi connectivity index (χ0) is 17.8. The minimum absolute atomic E-state index is 0.485. The highest BCUT2D eigenvalue weighted by Crippen LogP contribution is 2.28. The summed E-state index contributed by atoms with van der Waals surface area (Å²) in [4.78, 5) is 7.92. The second kappa shape index (κ2) is 7.44. The van der Waals surface area contributed by atoms with Crippen LogP contribution in [0.4, 0.5) is 5.69 Å². The van der Waals surface area contributed by atoms with Crippen molar-refractivity contribution in [3.63, 3.8) is 0 Å². The van der Waals surface area contributed by atoms with Crippen LogP contribution in [0, 0.1) is 0 Å². The van der Waals surface area contributed by atoms with Gasteiger partial charge in [-0.15, -0.1) is 0 Å². The number of fused-ring (bicyclic) bond motifs is 1. The fourth-order valence-electron chi connectivity index (χ4n) is 3.27. The van der Waals surface area contributed by atoms with Gasteiger partial charge in [-0.3, -0.25) is 0 Å². The summed E-state index contributed by atoms with van der Waals surface area (Å²) in [5, 5.41) is 4.30. The summed E-state index contributed by atoms with van der Waals surface area (Å²) in [7, 11) is 0.